The predicted molar refractivity (Wildman–Crippen MR) is 80.4 cm³/mol. The Bertz CT molecular complexity index is 465. The summed E-state index contributed by atoms with van der Waals surface area (Å²) in [6.45, 7) is 4.17. The number of anilines is 1. The van der Waals surface area contributed by atoms with Crippen LogP contribution in [0.4, 0.5) is 5.82 Å². The van der Waals surface area contributed by atoms with Gasteiger partial charge in [-0.3, -0.25) is 0 Å². The van der Waals surface area contributed by atoms with Crippen LogP contribution in [0.25, 0.3) is 0 Å². The summed E-state index contributed by atoms with van der Waals surface area (Å²) in [6, 6.07) is 3.60. The SMILES string of the molecule is CCCCOC(=O)c1ccc(N2CCC(C=O)CC2)nc1. The summed E-state index contributed by atoms with van der Waals surface area (Å²) in [7, 11) is 0. The maximum Gasteiger partial charge on any atom is 0.339 e. The van der Waals surface area contributed by atoms with Crippen molar-refractivity contribution in [1.82, 2.24) is 4.98 Å². The van der Waals surface area contributed by atoms with Gasteiger partial charge in [-0.2, -0.15) is 0 Å². The molecule has 2 rings (SSSR count). The van der Waals surface area contributed by atoms with Gasteiger partial charge in [0, 0.05) is 25.2 Å². The Morgan fingerprint density at radius 2 is 2.19 bits per heavy atom. The van der Waals surface area contributed by atoms with E-state index in [4.69, 9.17) is 4.74 Å². The molecule has 114 valence electrons. The van der Waals surface area contributed by atoms with Gasteiger partial charge in [-0.05, 0) is 31.4 Å². The zero-order valence-electron chi connectivity index (χ0n) is 12.5. The normalized spacial score (nSPS) is 15.8. The molecular formula is C16H22N2O3. The van der Waals surface area contributed by atoms with Gasteiger partial charge in [-0.25, -0.2) is 9.78 Å². The Balaban J connectivity index is 1.90. The van der Waals surface area contributed by atoms with E-state index in [1.807, 2.05) is 6.07 Å². The zero-order chi connectivity index (χ0) is 15.1. The van der Waals surface area contributed by atoms with E-state index in [1.54, 1.807) is 12.3 Å². The molecule has 0 N–H and O–H groups in total. The minimum atomic E-state index is -0.317. The second kappa shape index (κ2) is 7.76. The maximum absolute atomic E-state index is 11.8. The second-order valence-corrected chi connectivity index (χ2v) is 5.36. The average molecular weight is 290 g/mol. The first-order chi connectivity index (χ1) is 10.2. The molecule has 0 spiro atoms. The fourth-order valence-electron chi connectivity index (χ4n) is 2.35. The Hall–Kier alpha value is -1.91. The van der Waals surface area contributed by atoms with Crippen molar-refractivity contribution in [3.05, 3.63) is 23.9 Å². The molecule has 5 heteroatoms. The molecular weight excluding hydrogens is 268 g/mol. The number of esters is 1. The van der Waals surface area contributed by atoms with Gasteiger partial charge in [-0.15, -0.1) is 0 Å². The quantitative estimate of drug-likeness (QED) is 0.457. The highest BCUT2D eigenvalue weighted by Gasteiger charge is 2.19. The number of hydrogen-bond acceptors (Lipinski definition) is 5. The van der Waals surface area contributed by atoms with Crippen LogP contribution in [0.15, 0.2) is 18.3 Å². The van der Waals surface area contributed by atoms with Crippen LogP contribution in [0.3, 0.4) is 0 Å². The van der Waals surface area contributed by atoms with Gasteiger partial charge in [-0.1, -0.05) is 13.3 Å². The van der Waals surface area contributed by atoms with Crippen molar-refractivity contribution in [2.75, 3.05) is 24.6 Å². The van der Waals surface area contributed by atoms with Crippen molar-refractivity contribution in [3.63, 3.8) is 0 Å². The third-order valence-electron chi connectivity index (χ3n) is 3.77. The number of unbranched alkanes of at least 4 members (excludes halogenated alkanes) is 1. The standard InChI is InChI=1S/C16H22N2O3/c1-2-3-10-21-16(20)14-4-5-15(17-11-14)18-8-6-13(12-19)7-9-18/h4-5,11-13H,2-3,6-10H2,1H3. The molecule has 0 atom stereocenters. The van der Waals surface area contributed by atoms with E-state index in [0.717, 1.165) is 50.9 Å². The van der Waals surface area contributed by atoms with Crippen LogP contribution >= 0.6 is 0 Å². The van der Waals surface area contributed by atoms with Gasteiger partial charge < -0.3 is 14.4 Å². The van der Waals surface area contributed by atoms with Crippen molar-refractivity contribution in [1.29, 1.82) is 0 Å². The number of carbonyl (C=O) groups excluding carboxylic acids is 2. The summed E-state index contributed by atoms with van der Waals surface area (Å²) in [4.78, 5) is 29.0. The Labute approximate surface area is 125 Å². The first-order valence-corrected chi connectivity index (χ1v) is 7.58. The number of aromatic nitrogens is 1. The largest absolute Gasteiger partial charge is 0.462 e. The smallest absolute Gasteiger partial charge is 0.339 e. The van der Waals surface area contributed by atoms with Gasteiger partial charge in [0.25, 0.3) is 0 Å². The van der Waals surface area contributed by atoms with E-state index >= 15 is 0 Å². The topological polar surface area (TPSA) is 59.5 Å². The molecule has 0 unspecified atom stereocenters. The number of piperidine rings is 1. The highest BCUT2D eigenvalue weighted by atomic mass is 16.5. The van der Waals surface area contributed by atoms with Gasteiger partial charge in [0.1, 0.15) is 12.1 Å². The predicted octanol–water partition coefficient (Wildman–Crippen LogP) is 2.45. The third-order valence-corrected chi connectivity index (χ3v) is 3.77. The van der Waals surface area contributed by atoms with E-state index in [2.05, 4.69) is 16.8 Å². The molecule has 1 aliphatic heterocycles. The van der Waals surface area contributed by atoms with E-state index < -0.39 is 0 Å². The maximum atomic E-state index is 11.8. The van der Waals surface area contributed by atoms with Gasteiger partial charge in [0.15, 0.2) is 0 Å². The molecule has 0 radical (unpaired) electrons. The lowest BCUT2D eigenvalue weighted by atomic mass is 9.99. The molecule has 1 fully saturated rings. The van der Waals surface area contributed by atoms with Crippen molar-refractivity contribution >= 4 is 18.1 Å². The number of pyridine rings is 1. The number of carbonyl (C=O) groups is 2. The summed E-state index contributed by atoms with van der Waals surface area (Å²) < 4.78 is 5.15. The summed E-state index contributed by atoms with van der Waals surface area (Å²) in [5.74, 6) is 0.709. The van der Waals surface area contributed by atoms with Crippen LogP contribution in [0.5, 0.6) is 0 Å². The molecule has 0 bridgehead atoms. The second-order valence-electron chi connectivity index (χ2n) is 5.36. The fraction of sp³-hybridized carbons (Fsp3) is 0.562. The molecule has 2 heterocycles. The molecule has 0 saturated carbocycles. The molecule has 0 aromatic carbocycles. The van der Waals surface area contributed by atoms with Gasteiger partial charge in [0.2, 0.25) is 0 Å². The van der Waals surface area contributed by atoms with Crippen molar-refractivity contribution in [2.24, 2.45) is 5.92 Å². The number of nitrogens with zero attached hydrogens (tertiary/aromatic N) is 2. The summed E-state index contributed by atoms with van der Waals surface area (Å²) in [5, 5.41) is 0. The minimum absolute atomic E-state index is 0.175. The van der Waals surface area contributed by atoms with Crippen molar-refractivity contribution < 1.29 is 14.3 Å². The average Bonchev–Trinajstić information content (AvgIpc) is 2.55. The summed E-state index contributed by atoms with van der Waals surface area (Å²) in [5.41, 5.74) is 0.484. The Morgan fingerprint density at radius 3 is 2.76 bits per heavy atom. The molecule has 1 saturated heterocycles. The van der Waals surface area contributed by atoms with Crippen LogP contribution in [0.2, 0.25) is 0 Å². The lowest BCUT2D eigenvalue weighted by Gasteiger charge is -2.30. The van der Waals surface area contributed by atoms with E-state index in [9.17, 15) is 9.59 Å². The molecule has 21 heavy (non-hydrogen) atoms. The van der Waals surface area contributed by atoms with Crippen molar-refractivity contribution in [2.45, 2.75) is 32.6 Å². The highest BCUT2D eigenvalue weighted by Crippen LogP contribution is 2.20. The monoisotopic (exact) mass is 290 g/mol. The molecule has 1 aliphatic rings. The Morgan fingerprint density at radius 1 is 1.43 bits per heavy atom. The first kappa shape index (κ1) is 15.5. The van der Waals surface area contributed by atoms with Gasteiger partial charge in [0.05, 0.1) is 12.2 Å². The van der Waals surface area contributed by atoms with Gasteiger partial charge >= 0.3 is 5.97 Å². The minimum Gasteiger partial charge on any atom is -0.462 e. The van der Waals surface area contributed by atoms with E-state index in [0.29, 0.717) is 12.2 Å². The number of aldehydes is 1. The highest BCUT2D eigenvalue weighted by molar-refractivity contribution is 5.89. The van der Waals surface area contributed by atoms with Crippen LogP contribution < -0.4 is 4.90 Å². The number of ether oxygens (including phenoxy) is 1. The molecule has 0 amide bonds. The molecule has 5 nitrogen and oxygen atoms in total. The van der Waals surface area contributed by atoms with Crippen LogP contribution in [-0.2, 0) is 9.53 Å². The summed E-state index contributed by atoms with van der Waals surface area (Å²) >= 11 is 0. The lowest BCUT2D eigenvalue weighted by molar-refractivity contribution is -0.111. The molecule has 0 aliphatic carbocycles. The zero-order valence-corrected chi connectivity index (χ0v) is 12.5. The third kappa shape index (κ3) is 4.28. The number of rotatable bonds is 6. The summed E-state index contributed by atoms with van der Waals surface area (Å²) in [6.07, 6.45) is 6.22. The van der Waals surface area contributed by atoms with Crippen molar-refractivity contribution in [3.8, 4) is 0 Å². The first-order valence-electron chi connectivity index (χ1n) is 7.58. The van der Waals surface area contributed by atoms with Crippen LogP contribution in [0.1, 0.15) is 43.0 Å². The van der Waals surface area contributed by atoms with Crippen LogP contribution in [0, 0.1) is 5.92 Å². The van der Waals surface area contributed by atoms with Crippen LogP contribution in [-0.4, -0.2) is 36.9 Å². The fourth-order valence-corrected chi connectivity index (χ4v) is 2.35. The molecule has 1 aromatic heterocycles. The number of hydrogen-bond donors (Lipinski definition) is 0. The molecule has 1 aromatic rings. The lowest BCUT2D eigenvalue weighted by Crippen LogP contribution is -2.34. The van der Waals surface area contributed by atoms with E-state index in [-0.39, 0.29) is 11.9 Å². The Kier molecular flexibility index (Phi) is 5.72. The van der Waals surface area contributed by atoms with E-state index in [1.165, 1.54) is 0 Å².